The monoisotopic (exact) mass is 814 g/mol. The van der Waals surface area contributed by atoms with Gasteiger partial charge >= 0.3 is 0 Å². The van der Waals surface area contributed by atoms with E-state index in [1.54, 1.807) is 0 Å². The van der Waals surface area contributed by atoms with Gasteiger partial charge in [0.05, 0.1) is 0 Å². The average Bonchev–Trinajstić information content (AvgIpc) is 3.36. The summed E-state index contributed by atoms with van der Waals surface area (Å²) in [7, 11) is 0. The van der Waals surface area contributed by atoms with Gasteiger partial charge in [0.15, 0.2) is 0 Å². The Morgan fingerprint density at radius 2 is 0.672 bits per heavy atom. The maximum atomic E-state index is 2.51. The molecule has 0 radical (unpaired) electrons. The van der Waals surface area contributed by atoms with Crippen LogP contribution < -0.4 is 0 Å². The van der Waals surface area contributed by atoms with Crippen molar-refractivity contribution in [1.82, 2.24) is 0 Å². The van der Waals surface area contributed by atoms with E-state index in [0.717, 1.165) is 0 Å². The molecule has 0 aromatic heterocycles. The fraction of sp³-hybridized carbons (Fsp3) is 0.0938. The molecule has 64 heavy (non-hydrogen) atoms. The molecule has 4 unspecified atom stereocenters. The van der Waals surface area contributed by atoms with Crippen molar-refractivity contribution >= 4 is 53.9 Å². The largest absolute Gasteiger partial charge is 0.0802 e. The summed E-state index contributed by atoms with van der Waals surface area (Å²) >= 11 is 0. The SMILES string of the molecule is C1=CC2C(C=C1)C(c1ccc3ccccc3c1)C1C=CC=CC1C2c1ccc(-c2ccc3c(-c4cccc5ccccc45)c4ccccc4c(-c4cccc5ccccc45)c3c2)cc1. The molecule has 4 atom stereocenters. The maximum absolute atomic E-state index is 2.51. The molecule has 0 saturated heterocycles. The van der Waals surface area contributed by atoms with Crippen molar-refractivity contribution in [3.05, 3.63) is 254 Å². The zero-order valence-corrected chi connectivity index (χ0v) is 35.6. The van der Waals surface area contributed by atoms with E-state index in [1.807, 2.05) is 0 Å². The summed E-state index contributed by atoms with van der Waals surface area (Å²) < 4.78 is 0. The first kappa shape index (κ1) is 37.1. The molecule has 3 aliphatic rings. The van der Waals surface area contributed by atoms with Crippen LogP contribution in [0.5, 0.6) is 0 Å². The highest BCUT2D eigenvalue weighted by atomic mass is 14.5. The van der Waals surface area contributed by atoms with E-state index in [9.17, 15) is 0 Å². The van der Waals surface area contributed by atoms with Crippen LogP contribution in [0.1, 0.15) is 23.0 Å². The lowest BCUT2D eigenvalue weighted by Crippen LogP contribution is -2.42. The van der Waals surface area contributed by atoms with Crippen molar-refractivity contribution in [1.29, 1.82) is 0 Å². The highest BCUT2D eigenvalue weighted by molar-refractivity contribution is 6.25. The molecular formula is C64H46. The molecule has 0 nitrogen and oxygen atoms in total. The summed E-state index contributed by atoms with van der Waals surface area (Å²) in [6.07, 6.45) is 19.2. The Kier molecular flexibility index (Phi) is 8.73. The van der Waals surface area contributed by atoms with Gasteiger partial charge in [0, 0.05) is 0 Å². The second-order valence-corrected chi connectivity index (χ2v) is 18.2. The Balaban J connectivity index is 0.961. The van der Waals surface area contributed by atoms with Crippen molar-refractivity contribution in [3.8, 4) is 33.4 Å². The lowest BCUT2D eigenvalue weighted by atomic mass is 9.52. The second-order valence-electron chi connectivity index (χ2n) is 18.2. The molecule has 10 aromatic rings. The first-order valence-corrected chi connectivity index (χ1v) is 23.0. The van der Waals surface area contributed by atoms with Crippen LogP contribution in [0, 0.1) is 23.7 Å². The van der Waals surface area contributed by atoms with Gasteiger partial charge in [-0.3, -0.25) is 0 Å². The van der Waals surface area contributed by atoms with E-state index in [-0.39, 0.29) is 0 Å². The summed E-state index contributed by atoms with van der Waals surface area (Å²) in [6.45, 7) is 0. The molecule has 13 rings (SSSR count). The normalized spacial score (nSPS) is 21.2. The zero-order valence-electron chi connectivity index (χ0n) is 35.6. The summed E-state index contributed by atoms with van der Waals surface area (Å²) in [5.74, 6) is 2.39. The van der Waals surface area contributed by atoms with Gasteiger partial charge in [-0.05, 0) is 140 Å². The molecule has 1 fully saturated rings. The van der Waals surface area contributed by atoms with Gasteiger partial charge in [0.2, 0.25) is 0 Å². The van der Waals surface area contributed by atoms with Crippen molar-refractivity contribution in [2.24, 2.45) is 23.7 Å². The van der Waals surface area contributed by atoms with Crippen LogP contribution in [0.15, 0.2) is 243 Å². The highest BCUT2D eigenvalue weighted by Crippen LogP contribution is 2.58. The van der Waals surface area contributed by atoms with Gasteiger partial charge < -0.3 is 0 Å². The molecule has 0 heterocycles. The van der Waals surface area contributed by atoms with E-state index in [1.165, 1.54) is 98.4 Å². The van der Waals surface area contributed by atoms with Crippen LogP contribution in [0.4, 0.5) is 0 Å². The maximum Gasteiger partial charge on any atom is -0.00199 e. The Bertz CT molecular complexity index is 3550. The van der Waals surface area contributed by atoms with E-state index in [0.29, 0.717) is 35.5 Å². The molecule has 0 heteroatoms. The molecule has 302 valence electrons. The van der Waals surface area contributed by atoms with Gasteiger partial charge in [-0.15, -0.1) is 0 Å². The summed E-state index contributed by atoms with van der Waals surface area (Å²) in [5, 5.41) is 12.8. The van der Waals surface area contributed by atoms with Crippen molar-refractivity contribution in [2.75, 3.05) is 0 Å². The molecule has 0 amide bonds. The number of hydrogen-bond donors (Lipinski definition) is 0. The number of rotatable bonds is 5. The zero-order chi connectivity index (χ0) is 42.1. The van der Waals surface area contributed by atoms with Gasteiger partial charge in [-0.2, -0.15) is 0 Å². The topological polar surface area (TPSA) is 0 Å². The fourth-order valence-corrected chi connectivity index (χ4v) is 12.3. The Morgan fingerprint density at radius 1 is 0.250 bits per heavy atom. The van der Waals surface area contributed by atoms with Crippen LogP contribution in [-0.4, -0.2) is 0 Å². The van der Waals surface area contributed by atoms with Gasteiger partial charge in [0.1, 0.15) is 0 Å². The smallest absolute Gasteiger partial charge is 0.00199 e. The first-order valence-electron chi connectivity index (χ1n) is 23.0. The quantitative estimate of drug-likeness (QED) is 0.152. The third-order valence-corrected chi connectivity index (χ3v) is 15.0. The Hall–Kier alpha value is -7.54. The molecule has 0 N–H and O–H groups in total. The minimum absolute atomic E-state index is 0.368. The van der Waals surface area contributed by atoms with Crippen LogP contribution in [0.25, 0.3) is 87.2 Å². The minimum Gasteiger partial charge on any atom is -0.0802 e. The average molecular weight is 815 g/mol. The molecule has 0 spiro atoms. The minimum atomic E-state index is 0.368. The van der Waals surface area contributed by atoms with E-state index < -0.39 is 0 Å². The van der Waals surface area contributed by atoms with E-state index >= 15 is 0 Å². The second kappa shape index (κ2) is 15.1. The predicted octanol–water partition coefficient (Wildman–Crippen LogP) is 17.1. The van der Waals surface area contributed by atoms with Gasteiger partial charge in [-0.25, -0.2) is 0 Å². The Morgan fingerprint density at radius 3 is 1.25 bits per heavy atom. The summed E-state index contributed by atoms with van der Waals surface area (Å²) in [5.41, 5.74) is 10.5. The Labute approximate surface area is 374 Å². The molecular weight excluding hydrogens is 769 g/mol. The molecule has 1 saturated carbocycles. The summed E-state index contributed by atoms with van der Waals surface area (Å²) in [4.78, 5) is 0. The predicted molar refractivity (Wildman–Crippen MR) is 273 cm³/mol. The molecule has 10 aromatic carbocycles. The van der Waals surface area contributed by atoms with E-state index in [2.05, 4.69) is 243 Å². The summed E-state index contributed by atoms with van der Waals surface area (Å²) in [6, 6.07) is 73.2. The van der Waals surface area contributed by atoms with E-state index in [4.69, 9.17) is 0 Å². The third-order valence-electron chi connectivity index (χ3n) is 15.0. The number of allylic oxidation sites excluding steroid dienone is 8. The number of benzene rings is 10. The van der Waals surface area contributed by atoms with Crippen LogP contribution in [0.2, 0.25) is 0 Å². The van der Waals surface area contributed by atoms with Gasteiger partial charge in [-0.1, -0.05) is 237 Å². The molecule has 3 aliphatic carbocycles. The highest BCUT2D eigenvalue weighted by Gasteiger charge is 2.48. The van der Waals surface area contributed by atoms with Crippen LogP contribution >= 0.6 is 0 Å². The first-order chi connectivity index (χ1) is 31.8. The standard InChI is InChI=1S/C64H46/c1-2-18-46-39-48(36-33-41(46)15-1)62-55-25-9-7-23-53(55)61(54-24-8-10-26-56(54)62)45-34-31-42(32-35-45)47-37-38-59-60(40-47)64(52-30-14-20-44-17-4-6-22-50(44)52)58-28-12-11-27-57(58)63(59)51-29-13-19-43-16-3-5-21-49(43)51/h1-40,53-56,61-62H. The van der Waals surface area contributed by atoms with Crippen LogP contribution in [0.3, 0.4) is 0 Å². The molecule has 0 aliphatic heterocycles. The van der Waals surface area contributed by atoms with Crippen molar-refractivity contribution < 1.29 is 0 Å². The third kappa shape index (κ3) is 5.90. The lowest BCUT2D eigenvalue weighted by molar-refractivity contribution is 0.156. The van der Waals surface area contributed by atoms with Crippen molar-refractivity contribution in [3.63, 3.8) is 0 Å². The van der Waals surface area contributed by atoms with Crippen molar-refractivity contribution in [2.45, 2.75) is 11.8 Å². The molecule has 0 bridgehead atoms. The number of hydrogen-bond acceptors (Lipinski definition) is 0. The number of fused-ring (bicyclic) bond motifs is 7. The fourth-order valence-electron chi connectivity index (χ4n) is 12.3. The van der Waals surface area contributed by atoms with Gasteiger partial charge in [0.25, 0.3) is 0 Å². The lowest BCUT2D eigenvalue weighted by Gasteiger charge is -2.51. The van der Waals surface area contributed by atoms with Crippen LogP contribution in [-0.2, 0) is 0 Å².